The van der Waals surface area contributed by atoms with Gasteiger partial charge in [-0.25, -0.2) is 19.9 Å². The summed E-state index contributed by atoms with van der Waals surface area (Å²) in [5.74, 6) is 0.269. The number of halogens is 1. The minimum Gasteiger partial charge on any atom is -0.473 e. The van der Waals surface area contributed by atoms with Gasteiger partial charge in [0.2, 0.25) is 5.88 Å². The van der Waals surface area contributed by atoms with Gasteiger partial charge in [0, 0.05) is 28.3 Å². The van der Waals surface area contributed by atoms with E-state index in [9.17, 15) is 8.42 Å². The topological polar surface area (TPSA) is 128 Å². The summed E-state index contributed by atoms with van der Waals surface area (Å²) in [5, 5.41) is 0. The van der Waals surface area contributed by atoms with Crippen LogP contribution in [0.5, 0.6) is 11.9 Å². The van der Waals surface area contributed by atoms with Crippen molar-refractivity contribution in [3.8, 4) is 23.0 Å². The fraction of sp³-hybridized carbons (Fsp3) is 0.167. The molecule has 0 saturated heterocycles. The minimum atomic E-state index is -3.95. The molecular weight excluding hydrogens is 580 g/mol. The Bertz CT molecular complexity index is 1410. The Morgan fingerprint density at radius 2 is 1.62 bits per heavy atom. The van der Waals surface area contributed by atoms with E-state index < -0.39 is 10.2 Å². The maximum atomic E-state index is 12.8. The average Bonchev–Trinajstić information content (AvgIpc) is 2.91. The van der Waals surface area contributed by atoms with Crippen molar-refractivity contribution in [1.29, 1.82) is 0 Å². The monoisotopic (exact) mass is 602 g/mol. The van der Waals surface area contributed by atoms with Crippen LogP contribution >= 0.6 is 27.7 Å². The van der Waals surface area contributed by atoms with Crippen molar-refractivity contribution in [3.63, 3.8) is 0 Å². The van der Waals surface area contributed by atoms with E-state index in [0.717, 1.165) is 14.9 Å². The SMILES string of the molecule is CSc1cnc(OCCOc2ncnc(NS(=O)(=O)NCc3ccccc3)c2-c2ccc(Br)cc2)nc1. The summed E-state index contributed by atoms with van der Waals surface area (Å²) >= 11 is 4.95. The third-order valence-corrected chi connectivity index (χ3v) is 7.08. The third-order valence-electron chi connectivity index (χ3n) is 4.88. The van der Waals surface area contributed by atoms with Gasteiger partial charge in [0.15, 0.2) is 5.82 Å². The van der Waals surface area contributed by atoms with Crippen molar-refractivity contribution in [2.75, 3.05) is 24.2 Å². The largest absolute Gasteiger partial charge is 0.473 e. The molecule has 0 unspecified atom stereocenters. The molecule has 4 rings (SSSR count). The fourth-order valence-corrected chi connectivity index (χ4v) is 4.54. The van der Waals surface area contributed by atoms with Crippen LogP contribution in [0, 0.1) is 0 Å². The van der Waals surface area contributed by atoms with E-state index in [-0.39, 0.29) is 37.5 Å². The van der Waals surface area contributed by atoms with Crippen molar-refractivity contribution in [3.05, 3.63) is 83.4 Å². The van der Waals surface area contributed by atoms with Crippen molar-refractivity contribution in [2.24, 2.45) is 0 Å². The Morgan fingerprint density at radius 1 is 0.919 bits per heavy atom. The van der Waals surface area contributed by atoms with Gasteiger partial charge in [-0.15, -0.1) is 11.8 Å². The molecule has 0 fully saturated rings. The summed E-state index contributed by atoms with van der Waals surface area (Å²) in [6.45, 7) is 0.393. The molecule has 0 amide bonds. The number of hydrogen-bond acceptors (Lipinski definition) is 9. The first-order valence-electron chi connectivity index (χ1n) is 11.0. The molecule has 2 aromatic carbocycles. The molecule has 37 heavy (non-hydrogen) atoms. The number of ether oxygens (including phenoxy) is 2. The third kappa shape index (κ3) is 7.86. The molecule has 2 aromatic heterocycles. The summed E-state index contributed by atoms with van der Waals surface area (Å²) in [6.07, 6.45) is 6.52. The molecule has 0 radical (unpaired) electrons. The van der Waals surface area contributed by atoms with Crippen LogP contribution in [-0.4, -0.2) is 47.8 Å². The Morgan fingerprint density at radius 3 is 2.32 bits per heavy atom. The van der Waals surface area contributed by atoms with Gasteiger partial charge in [0.05, 0.1) is 5.56 Å². The molecule has 0 aliphatic heterocycles. The van der Waals surface area contributed by atoms with E-state index >= 15 is 0 Å². The second-order valence-electron chi connectivity index (χ2n) is 7.42. The van der Waals surface area contributed by atoms with Gasteiger partial charge in [-0.2, -0.15) is 13.1 Å². The Labute approximate surface area is 227 Å². The van der Waals surface area contributed by atoms with Gasteiger partial charge in [0.1, 0.15) is 19.5 Å². The van der Waals surface area contributed by atoms with Crippen LogP contribution in [0.4, 0.5) is 5.82 Å². The van der Waals surface area contributed by atoms with Gasteiger partial charge >= 0.3 is 16.2 Å². The lowest BCUT2D eigenvalue weighted by atomic mass is 10.1. The molecule has 10 nitrogen and oxygen atoms in total. The highest BCUT2D eigenvalue weighted by Crippen LogP contribution is 2.35. The van der Waals surface area contributed by atoms with Gasteiger partial charge in [-0.05, 0) is 29.5 Å². The molecule has 0 aliphatic rings. The summed E-state index contributed by atoms with van der Waals surface area (Å²) in [6, 6.07) is 16.7. The zero-order valence-corrected chi connectivity index (χ0v) is 22.9. The highest BCUT2D eigenvalue weighted by atomic mass is 79.9. The lowest BCUT2D eigenvalue weighted by molar-refractivity contribution is 0.201. The number of benzene rings is 2. The first-order chi connectivity index (χ1) is 17.9. The van der Waals surface area contributed by atoms with Crippen LogP contribution < -0.4 is 18.9 Å². The molecule has 13 heteroatoms. The van der Waals surface area contributed by atoms with Crippen LogP contribution in [0.15, 0.2) is 82.7 Å². The van der Waals surface area contributed by atoms with Crippen LogP contribution in [0.1, 0.15) is 5.56 Å². The highest BCUT2D eigenvalue weighted by molar-refractivity contribution is 9.10. The van der Waals surface area contributed by atoms with Gasteiger partial charge < -0.3 is 9.47 Å². The van der Waals surface area contributed by atoms with E-state index in [0.29, 0.717) is 11.1 Å². The number of aromatic nitrogens is 4. The summed E-state index contributed by atoms with van der Waals surface area (Å²) < 4.78 is 42.9. The Hall–Kier alpha value is -3.26. The van der Waals surface area contributed by atoms with Gasteiger partial charge in [-0.3, -0.25) is 4.72 Å². The molecule has 0 saturated carbocycles. The van der Waals surface area contributed by atoms with Crippen molar-refractivity contribution >= 4 is 43.7 Å². The minimum absolute atomic E-state index is 0.0739. The van der Waals surface area contributed by atoms with E-state index in [4.69, 9.17) is 9.47 Å². The zero-order chi connectivity index (χ0) is 26.1. The summed E-state index contributed by atoms with van der Waals surface area (Å²) in [4.78, 5) is 17.6. The molecule has 192 valence electrons. The molecule has 0 atom stereocenters. The quantitative estimate of drug-likeness (QED) is 0.180. The maximum absolute atomic E-state index is 12.8. The van der Waals surface area contributed by atoms with E-state index in [1.165, 1.54) is 18.1 Å². The fourth-order valence-electron chi connectivity index (χ4n) is 3.13. The van der Waals surface area contributed by atoms with Crippen LogP contribution in [0.25, 0.3) is 11.1 Å². The first-order valence-corrected chi connectivity index (χ1v) is 14.5. The lowest BCUT2D eigenvalue weighted by Crippen LogP contribution is -2.30. The van der Waals surface area contributed by atoms with E-state index in [2.05, 4.69) is 45.3 Å². The highest BCUT2D eigenvalue weighted by Gasteiger charge is 2.20. The standard InChI is InChI=1S/C24H23BrN6O4S2/c1-36-20-14-26-24(27-15-20)35-12-11-34-23-21(18-7-9-19(25)10-8-18)22(28-16-29-23)31-37(32,33)30-13-17-5-3-2-4-6-17/h2-10,14-16,30H,11-13H2,1H3,(H,28,29,31). The number of anilines is 1. The number of hydrogen-bond donors (Lipinski definition) is 2. The van der Waals surface area contributed by atoms with Crippen molar-refractivity contribution in [2.45, 2.75) is 11.4 Å². The van der Waals surface area contributed by atoms with Gasteiger partial charge in [0.25, 0.3) is 0 Å². The second-order valence-corrected chi connectivity index (χ2v) is 10.7. The predicted octanol–water partition coefficient (Wildman–Crippen LogP) is 4.32. The Balaban J connectivity index is 1.50. The van der Waals surface area contributed by atoms with E-state index in [1.54, 1.807) is 12.4 Å². The Kier molecular flexibility index (Phi) is 9.28. The molecule has 2 heterocycles. The zero-order valence-electron chi connectivity index (χ0n) is 19.7. The second kappa shape index (κ2) is 12.8. The van der Waals surface area contributed by atoms with Crippen LogP contribution in [-0.2, 0) is 16.8 Å². The van der Waals surface area contributed by atoms with Crippen molar-refractivity contribution in [1.82, 2.24) is 24.7 Å². The molecule has 4 aromatic rings. The maximum Gasteiger partial charge on any atom is 0.316 e. The lowest BCUT2D eigenvalue weighted by Gasteiger charge is -2.16. The van der Waals surface area contributed by atoms with Crippen LogP contribution in [0.3, 0.4) is 0 Å². The van der Waals surface area contributed by atoms with Crippen molar-refractivity contribution < 1.29 is 17.9 Å². The molecule has 0 aliphatic carbocycles. The smallest absolute Gasteiger partial charge is 0.316 e. The van der Waals surface area contributed by atoms with Crippen LogP contribution in [0.2, 0.25) is 0 Å². The number of thioether (sulfide) groups is 1. The van der Waals surface area contributed by atoms with E-state index in [1.807, 2.05) is 60.9 Å². The first kappa shape index (κ1) is 26.8. The molecular formula is C24H23BrN6O4S2. The molecule has 2 N–H and O–H groups in total. The summed E-state index contributed by atoms with van der Waals surface area (Å²) in [5.41, 5.74) is 1.87. The normalized spacial score (nSPS) is 11.2. The summed E-state index contributed by atoms with van der Waals surface area (Å²) in [7, 11) is -3.95. The predicted molar refractivity (Wildman–Crippen MR) is 146 cm³/mol. The van der Waals surface area contributed by atoms with Gasteiger partial charge in [-0.1, -0.05) is 58.4 Å². The number of nitrogens with zero attached hydrogens (tertiary/aromatic N) is 4. The number of rotatable bonds is 12. The number of nitrogens with one attached hydrogen (secondary N) is 2. The molecule has 0 bridgehead atoms. The average molecular weight is 604 g/mol. The molecule has 0 spiro atoms.